The highest BCUT2D eigenvalue weighted by Gasteiger charge is 2.31. The van der Waals surface area contributed by atoms with Crippen molar-refractivity contribution in [1.29, 1.82) is 0 Å². The van der Waals surface area contributed by atoms with Crippen molar-refractivity contribution in [3.8, 4) is 0 Å². The third-order valence-electron chi connectivity index (χ3n) is 3.87. The van der Waals surface area contributed by atoms with Crippen molar-refractivity contribution < 1.29 is 15.0 Å². The smallest absolute Gasteiger partial charge is 0.257 e. The Kier molecular flexibility index (Phi) is 4.77. The van der Waals surface area contributed by atoms with E-state index >= 15 is 0 Å². The maximum Gasteiger partial charge on any atom is 0.257 e. The van der Waals surface area contributed by atoms with Crippen molar-refractivity contribution in [2.45, 2.75) is 39.3 Å². The molecule has 1 aliphatic rings. The third-order valence-corrected chi connectivity index (χ3v) is 3.87. The van der Waals surface area contributed by atoms with Crippen LogP contribution in [0.2, 0.25) is 0 Å². The van der Waals surface area contributed by atoms with Gasteiger partial charge in [-0.2, -0.15) is 5.10 Å². The van der Waals surface area contributed by atoms with Gasteiger partial charge in [-0.25, -0.2) is 0 Å². The monoisotopic (exact) mass is 281 g/mol. The van der Waals surface area contributed by atoms with Crippen molar-refractivity contribution >= 4 is 5.91 Å². The second kappa shape index (κ2) is 6.37. The Morgan fingerprint density at radius 3 is 2.90 bits per heavy atom. The summed E-state index contributed by atoms with van der Waals surface area (Å²) in [5.41, 5.74) is 1.33. The Morgan fingerprint density at radius 2 is 2.30 bits per heavy atom. The van der Waals surface area contributed by atoms with Gasteiger partial charge in [0.05, 0.1) is 17.4 Å². The standard InChI is InChI=1S/C14H23N3O3/c1-3-5-17-7-12(10(2)15-17)14(20)16-6-4-11(9-18)13(19)8-16/h7,11,13,18-19H,3-6,8-9H2,1-2H3/t11-,13-/m1/s1. The van der Waals surface area contributed by atoms with Crippen molar-refractivity contribution in [3.63, 3.8) is 0 Å². The lowest BCUT2D eigenvalue weighted by atomic mass is 9.94. The van der Waals surface area contributed by atoms with Crippen LogP contribution in [0.25, 0.3) is 0 Å². The van der Waals surface area contributed by atoms with E-state index in [2.05, 4.69) is 12.0 Å². The molecule has 1 aliphatic heterocycles. The maximum atomic E-state index is 12.5. The molecule has 0 radical (unpaired) electrons. The molecule has 0 bridgehead atoms. The van der Waals surface area contributed by atoms with E-state index in [4.69, 9.17) is 5.11 Å². The van der Waals surface area contributed by atoms with E-state index in [1.54, 1.807) is 15.8 Å². The third kappa shape index (κ3) is 3.02. The number of hydrogen-bond acceptors (Lipinski definition) is 4. The van der Waals surface area contributed by atoms with E-state index in [-0.39, 0.29) is 25.0 Å². The summed E-state index contributed by atoms with van der Waals surface area (Å²) >= 11 is 0. The van der Waals surface area contributed by atoms with Gasteiger partial charge in [0.15, 0.2) is 0 Å². The number of aliphatic hydroxyl groups is 2. The topological polar surface area (TPSA) is 78.6 Å². The Balaban J connectivity index is 2.08. The highest BCUT2D eigenvalue weighted by molar-refractivity contribution is 5.95. The van der Waals surface area contributed by atoms with Crippen LogP contribution < -0.4 is 0 Å². The van der Waals surface area contributed by atoms with Gasteiger partial charge < -0.3 is 15.1 Å². The number of piperidine rings is 1. The summed E-state index contributed by atoms with van der Waals surface area (Å²) in [6.07, 6.45) is 2.73. The molecule has 0 aromatic carbocycles. The molecule has 2 heterocycles. The van der Waals surface area contributed by atoms with E-state index in [1.807, 2.05) is 6.92 Å². The van der Waals surface area contributed by atoms with Crippen LogP contribution in [0.4, 0.5) is 0 Å². The molecule has 2 rings (SSSR count). The molecule has 1 saturated heterocycles. The summed E-state index contributed by atoms with van der Waals surface area (Å²) < 4.78 is 1.79. The predicted octanol–water partition coefficient (Wildman–Crippen LogP) is 0.417. The van der Waals surface area contributed by atoms with Gasteiger partial charge in [-0.05, 0) is 19.8 Å². The van der Waals surface area contributed by atoms with Crippen molar-refractivity contribution in [3.05, 3.63) is 17.5 Å². The van der Waals surface area contributed by atoms with Crippen LogP contribution in [0.3, 0.4) is 0 Å². The number of aryl methyl sites for hydroxylation is 2. The fourth-order valence-corrected chi connectivity index (χ4v) is 2.62. The lowest BCUT2D eigenvalue weighted by molar-refractivity contribution is 0.000841. The highest BCUT2D eigenvalue weighted by atomic mass is 16.3. The number of nitrogens with zero attached hydrogens (tertiary/aromatic N) is 3. The Labute approximate surface area is 119 Å². The molecule has 2 atom stereocenters. The number of β-amino-alcohol motifs (C(OH)–C–C–N with tert-alkyl or cyclic N) is 1. The SMILES string of the molecule is CCCn1cc(C(=O)N2CC[C@H](CO)[C@H](O)C2)c(C)n1. The molecule has 2 N–H and O–H groups in total. The minimum atomic E-state index is -0.649. The number of rotatable bonds is 4. The molecule has 0 aliphatic carbocycles. The van der Waals surface area contributed by atoms with Gasteiger partial charge in [0.25, 0.3) is 5.91 Å². The van der Waals surface area contributed by atoms with Gasteiger partial charge in [-0.15, -0.1) is 0 Å². The van der Waals surface area contributed by atoms with Gasteiger partial charge in [0, 0.05) is 38.4 Å². The van der Waals surface area contributed by atoms with E-state index in [1.165, 1.54) is 0 Å². The van der Waals surface area contributed by atoms with Crippen LogP contribution in [-0.2, 0) is 6.54 Å². The maximum absolute atomic E-state index is 12.5. The van der Waals surface area contributed by atoms with Crippen LogP contribution in [-0.4, -0.2) is 56.6 Å². The summed E-state index contributed by atoms with van der Waals surface area (Å²) in [4.78, 5) is 14.1. The highest BCUT2D eigenvalue weighted by Crippen LogP contribution is 2.20. The predicted molar refractivity (Wildman–Crippen MR) is 74.4 cm³/mol. The Morgan fingerprint density at radius 1 is 1.55 bits per heavy atom. The molecule has 20 heavy (non-hydrogen) atoms. The lowest BCUT2D eigenvalue weighted by Crippen LogP contribution is -2.47. The van der Waals surface area contributed by atoms with E-state index < -0.39 is 6.10 Å². The normalized spacial score (nSPS) is 23.1. The van der Waals surface area contributed by atoms with Crippen molar-refractivity contribution in [2.24, 2.45) is 5.92 Å². The second-order valence-electron chi connectivity index (χ2n) is 5.44. The van der Waals surface area contributed by atoms with Gasteiger partial charge in [0.2, 0.25) is 0 Å². The number of aromatic nitrogens is 2. The molecular weight excluding hydrogens is 258 g/mol. The number of amides is 1. The van der Waals surface area contributed by atoms with E-state index in [0.717, 1.165) is 18.7 Å². The van der Waals surface area contributed by atoms with Crippen molar-refractivity contribution in [2.75, 3.05) is 19.7 Å². The first kappa shape index (κ1) is 15.0. The first-order chi connectivity index (χ1) is 9.56. The number of hydrogen-bond donors (Lipinski definition) is 2. The summed E-state index contributed by atoms with van der Waals surface area (Å²) in [5, 5.41) is 23.4. The molecule has 1 aromatic heterocycles. The molecule has 6 heteroatoms. The molecule has 1 amide bonds. The first-order valence-electron chi connectivity index (χ1n) is 7.19. The largest absolute Gasteiger partial charge is 0.396 e. The Hall–Kier alpha value is -1.40. The quantitative estimate of drug-likeness (QED) is 0.838. The van der Waals surface area contributed by atoms with Gasteiger partial charge in [0.1, 0.15) is 0 Å². The zero-order valence-corrected chi connectivity index (χ0v) is 12.1. The lowest BCUT2D eigenvalue weighted by Gasteiger charge is -2.35. The summed E-state index contributed by atoms with van der Waals surface area (Å²) in [6, 6.07) is 0. The van der Waals surface area contributed by atoms with Gasteiger partial charge in [-0.3, -0.25) is 9.48 Å². The minimum Gasteiger partial charge on any atom is -0.396 e. The minimum absolute atomic E-state index is 0.0311. The van der Waals surface area contributed by atoms with E-state index in [9.17, 15) is 9.90 Å². The van der Waals surface area contributed by atoms with Gasteiger partial charge in [-0.1, -0.05) is 6.92 Å². The van der Waals surface area contributed by atoms with Crippen LogP contribution in [0.15, 0.2) is 6.20 Å². The fraction of sp³-hybridized carbons (Fsp3) is 0.714. The number of carbonyl (C=O) groups is 1. The molecule has 1 fully saturated rings. The second-order valence-corrected chi connectivity index (χ2v) is 5.44. The van der Waals surface area contributed by atoms with Gasteiger partial charge >= 0.3 is 0 Å². The average Bonchev–Trinajstić information content (AvgIpc) is 2.79. The fourth-order valence-electron chi connectivity index (χ4n) is 2.62. The van der Waals surface area contributed by atoms with E-state index in [0.29, 0.717) is 18.5 Å². The number of aliphatic hydroxyl groups excluding tert-OH is 2. The van der Waals surface area contributed by atoms with Crippen LogP contribution >= 0.6 is 0 Å². The summed E-state index contributed by atoms with van der Waals surface area (Å²) in [6.45, 7) is 5.51. The molecular formula is C14H23N3O3. The van der Waals surface area contributed by atoms with Crippen LogP contribution in [0, 0.1) is 12.8 Å². The summed E-state index contributed by atoms with van der Waals surface area (Å²) in [5.74, 6) is -0.205. The summed E-state index contributed by atoms with van der Waals surface area (Å²) in [7, 11) is 0. The number of likely N-dealkylation sites (tertiary alicyclic amines) is 1. The van der Waals surface area contributed by atoms with Crippen LogP contribution in [0.1, 0.15) is 35.8 Å². The molecule has 112 valence electrons. The molecule has 0 unspecified atom stereocenters. The van der Waals surface area contributed by atoms with Crippen molar-refractivity contribution in [1.82, 2.24) is 14.7 Å². The Bertz CT molecular complexity index is 472. The molecule has 6 nitrogen and oxygen atoms in total. The molecule has 0 saturated carbocycles. The zero-order valence-electron chi connectivity index (χ0n) is 12.1. The molecule has 0 spiro atoms. The molecule has 1 aromatic rings. The number of carbonyl (C=O) groups excluding carboxylic acids is 1. The first-order valence-corrected chi connectivity index (χ1v) is 7.19. The van der Waals surface area contributed by atoms with Crippen LogP contribution in [0.5, 0.6) is 0 Å². The average molecular weight is 281 g/mol. The zero-order chi connectivity index (χ0) is 14.7.